The van der Waals surface area contributed by atoms with Gasteiger partial charge in [-0.05, 0) is 48.5 Å². The van der Waals surface area contributed by atoms with Crippen molar-refractivity contribution in [3.05, 3.63) is 29.8 Å². The van der Waals surface area contributed by atoms with Crippen LogP contribution in [0.2, 0.25) is 0 Å². The molecule has 0 radical (unpaired) electrons. The second-order valence-electron chi connectivity index (χ2n) is 3.88. The molecule has 3 nitrogen and oxygen atoms in total. The molecule has 0 bridgehead atoms. The smallest absolute Gasteiger partial charge is 0.153 e. The molecule has 1 unspecified atom stereocenters. The zero-order valence-corrected chi connectivity index (χ0v) is 9.80. The third-order valence-electron chi connectivity index (χ3n) is 2.80. The van der Waals surface area contributed by atoms with Crippen molar-refractivity contribution in [3.8, 4) is 6.07 Å². The van der Waals surface area contributed by atoms with Gasteiger partial charge in [0, 0.05) is 12.8 Å². The molecule has 0 saturated carbocycles. The van der Waals surface area contributed by atoms with E-state index in [2.05, 4.69) is 11.4 Å². The summed E-state index contributed by atoms with van der Waals surface area (Å²) < 4.78 is 12.2. The Morgan fingerprint density at radius 1 is 1.25 bits per heavy atom. The van der Waals surface area contributed by atoms with E-state index in [0.717, 1.165) is 30.8 Å². The van der Waals surface area contributed by atoms with Crippen molar-refractivity contribution in [1.82, 2.24) is 5.32 Å². The van der Waals surface area contributed by atoms with Gasteiger partial charge in [0.15, 0.2) is 4.90 Å². The van der Waals surface area contributed by atoms with Crippen molar-refractivity contribution in [1.29, 1.82) is 5.26 Å². The summed E-state index contributed by atoms with van der Waals surface area (Å²) in [4.78, 5) is 0.839. The van der Waals surface area contributed by atoms with E-state index in [-0.39, 0.29) is 5.25 Å². The number of nitrogens with one attached hydrogen (secondary N) is 1. The van der Waals surface area contributed by atoms with Crippen LogP contribution in [0.1, 0.15) is 18.4 Å². The molecular formula is C12H14N2OS. The summed E-state index contributed by atoms with van der Waals surface area (Å²) >= 11 is -0.930. The topological polar surface area (TPSA) is 58.9 Å². The van der Waals surface area contributed by atoms with E-state index in [0.29, 0.717) is 5.56 Å². The third-order valence-corrected chi connectivity index (χ3v) is 4.62. The highest BCUT2D eigenvalue weighted by Gasteiger charge is 2.26. The molecule has 1 aliphatic heterocycles. The maximum Gasteiger partial charge on any atom is 0.153 e. The number of hydrogen-bond donors (Lipinski definition) is 1. The molecule has 1 saturated heterocycles. The number of nitrogens with zero attached hydrogens (tertiary/aromatic N) is 1. The lowest BCUT2D eigenvalue weighted by Crippen LogP contribution is -2.35. The third kappa shape index (κ3) is 2.56. The highest BCUT2D eigenvalue weighted by atomic mass is 32.2. The first-order valence-corrected chi connectivity index (χ1v) is 6.64. The predicted molar refractivity (Wildman–Crippen MR) is 63.5 cm³/mol. The van der Waals surface area contributed by atoms with Gasteiger partial charge in [-0.1, -0.05) is 0 Å². The molecular weight excluding hydrogens is 220 g/mol. The Hall–Kier alpha value is -1.02. The van der Waals surface area contributed by atoms with Gasteiger partial charge in [0.2, 0.25) is 0 Å². The lowest BCUT2D eigenvalue weighted by molar-refractivity contribution is 0.496. The minimum absolute atomic E-state index is 0.259. The fourth-order valence-corrected chi connectivity index (χ4v) is 3.32. The van der Waals surface area contributed by atoms with Crippen LogP contribution in [0.25, 0.3) is 0 Å². The molecule has 2 rings (SSSR count). The van der Waals surface area contributed by atoms with Gasteiger partial charge in [-0.3, -0.25) is 0 Å². The van der Waals surface area contributed by atoms with Gasteiger partial charge in [-0.25, -0.2) is 0 Å². The number of benzene rings is 1. The second-order valence-corrected chi connectivity index (χ2v) is 5.62. The van der Waals surface area contributed by atoms with E-state index in [1.807, 2.05) is 0 Å². The van der Waals surface area contributed by atoms with Gasteiger partial charge in [0.1, 0.15) is 5.25 Å². The number of rotatable bonds is 2. The second kappa shape index (κ2) is 5.35. The summed E-state index contributed by atoms with van der Waals surface area (Å²) in [5.74, 6) is 0. The Morgan fingerprint density at radius 3 is 2.44 bits per heavy atom. The quantitative estimate of drug-likeness (QED) is 0.787. The molecule has 84 valence electrons. The maximum atomic E-state index is 12.2. The minimum Gasteiger partial charge on any atom is -0.611 e. The Bertz CT molecular complexity index is 379. The molecule has 0 aromatic heterocycles. The molecule has 1 fully saturated rings. The number of hydrogen-bond acceptors (Lipinski definition) is 3. The Kier molecular flexibility index (Phi) is 3.83. The van der Waals surface area contributed by atoms with Crippen LogP contribution in [0.5, 0.6) is 0 Å². The molecule has 1 aromatic rings. The first-order chi connectivity index (χ1) is 7.81. The summed E-state index contributed by atoms with van der Waals surface area (Å²) in [5, 5.41) is 12.2. The molecule has 1 aromatic carbocycles. The summed E-state index contributed by atoms with van der Waals surface area (Å²) in [6, 6.07) is 9.13. The molecule has 1 atom stereocenters. The van der Waals surface area contributed by atoms with E-state index in [9.17, 15) is 4.55 Å². The van der Waals surface area contributed by atoms with Gasteiger partial charge in [-0.2, -0.15) is 5.26 Å². The fraction of sp³-hybridized carbons (Fsp3) is 0.417. The number of nitriles is 1. The van der Waals surface area contributed by atoms with E-state index < -0.39 is 11.2 Å². The summed E-state index contributed by atoms with van der Waals surface area (Å²) in [7, 11) is 0. The SMILES string of the molecule is N#Cc1ccc([S+]([O-])C2CCNCC2)cc1. The Morgan fingerprint density at radius 2 is 1.88 bits per heavy atom. The first-order valence-electron chi connectivity index (χ1n) is 5.43. The lowest BCUT2D eigenvalue weighted by Gasteiger charge is -2.25. The van der Waals surface area contributed by atoms with Crippen molar-refractivity contribution >= 4 is 11.2 Å². The van der Waals surface area contributed by atoms with E-state index in [1.54, 1.807) is 24.3 Å². The normalized spacial score (nSPS) is 19.0. The largest absolute Gasteiger partial charge is 0.611 e. The molecule has 1 N–H and O–H groups in total. The van der Waals surface area contributed by atoms with E-state index in [1.165, 1.54) is 0 Å². The molecule has 16 heavy (non-hydrogen) atoms. The van der Waals surface area contributed by atoms with Crippen LogP contribution in [0.15, 0.2) is 29.2 Å². The van der Waals surface area contributed by atoms with Crippen LogP contribution >= 0.6 is 0 Å². The molecule has 0 amide bonds. The summed E-state index contributed by atoms with van der Waals surface area (Å²) in [5.41, 5.74) is 0.617. The average molecular weight is 234 g/mol. The highest BCUT2D eigenvalue weighted by Crippen LogP contribution is 2.22. The monoisotopic (exact) mass is 234 g/mol. The average Bonchev–Trinajstić information content (AvgIpc) is 2.39. The Balaban J connectivity index is 2.07. The zero-order valence-electron chi connectivity index (χ0n) is 8.98. The van der Waals surface area contributed by atoms with Crippen molar-refractivity contribution in [2.24, 2.45) is 0 Å². The number of piperidine rings is 1. The van der Waals surface area contributed by atoms with Crippen molar-refractivity contribution in [2.45, 2.75) is 23.0 Å². The van der Waals surface area contributed by atoms with Crippen LogP contribution in [0.4, 0.5) is 0 Å². The molecule has 0 aliphatic carbocycles. The van der Waals surface area contributed by atoms with Crippen LogP contribution in [-0.4, -0.2) is 22.9 Å². The summed E-state index contributed by atoms with van der Waals surface area (Å²) in [6.45, 7) is 1.90. The molecule has 0 spiro atoms. The van der Waals surface area contributed by atoms with Gasteiger partial charge >= 0.3 is 0 Å². The van der Waals surface area contributed by atoms with Crippen LogP contribution in [0, 0.1) is 11.3 Å². The summed E-state index contributed by atoms with van der Waals surface area (Å²) in [6.07, 6.45) is 1.93. The Labute approximate surface area is 98.7 Å². The van der Waals surface area contributed by atoms with Crippen LogP contribution < -0.4 is 5.32 Å². The van der Waals surface area contributed by atoms with Gasteiger partial charge in [0.05, 0.1) is 11.6 Å². The first kappa shape index (κ1) is 11.5. The maximum absolute atomic E-state index is 12.2. The molecule has 1 aliphatic rings. The van der Waals surface area contributed by atoms with Gasteiger partial charge in [0.25, 0.3) is 0 Å². The van der Waals surface area contributed by atoms with Crippen molar-refractivity contribution < 1.29 is 4.55 Å². The minimum atomic E-state index is -0.930. The van der Waals surface area contributed by atoms with Gasteiger partial charge in [-0.15, -0.1) is 0 Å². The zero-order chi connectivity index (χ0) is 11.4. The highest BCUT2D eigenvalue weighted by molar-refractivity contribution is 7.92. The van der Waals surface area contributed by atoms with Crippen molar-refractivity contribution in [2.75, 3.05) is 13.1 Å². The van der Waals surface area contributed by atoms with E-state index >= 15 is 0 Å². The van der Waals surface area contributed by atoms with E-state index in [4.69, 9.17) is 5.26 Å². The molecule has 4 heteroatoms. The fourth-order valence-electron chi connectivity index (χ4n) is 1.87. The standard InChI is InChI=1S/C12H14N2OS/c13-9-10-1-3-11(4-2-10)16(15)12-5-7-14-8-6-12/h1-4,12,14H,5-8H2. The van der Waals surface area contributed by atoms with Gasteiger partial charge < -0.3 is 9.87 Å². The van der Waals surface area contributed by atoms with Crippen LogP contribution in [-0.2, 0) is 11.2 Å². The van der Waals surface area contributed by atoms with Crippen LogP contribution in [0.3, 0.4) is 0 Å². The lowest BCUT2D eigenvalue weighted by atomic mass is 10.2. The molecule has 1 heterocycles. The van der Waals surface area contributed by atoms with Crippen molar-refractivity contribution in [3.63, 3.8) is 0 Å². The predicted octanol–water partition coefficient (Wildman–Crippen LogP) is 1.42.